The van der Waals surface area contributed by atoms with E-state index in [2.05, 4.69) is 9.97 Å². The number of carbonyl (C=O) groups excluding carboxylic acids is 1. The lowest BCUT2D eigenvalue weighted by Crippen LogP contribution is -2.48. The van der Waals surface area contributed by atoms with Gasteiger partial charge in [-0.05, 0) is 80.3 Å². The van der Waals surface area contributed by atoms with E-state index in [-0.39, 0.29) is 23.0 Å². The van der Waals surface area contributed by atoms with Gasteiger partial charge >= 0.3 is 12.1 Å². The third-order valence-corrected chi connectivity index (χ3v) is 8.91. The quantitative estimate of drug-likeness (QED) is 0.199. The van der Waals surface area contributed by atoms with E-state index in [1.807, 2.05) is 43.3 Å². The van der Waals surface area contributed by atoms with Gasteiger partial charge in [-0.25, -0.2) is 23.2 Å². The number of nitrogens with two attached hydrogens (primary N) is 1. The first-order valence-corrected chi connectivity index (χ1v) is 16.2. The van der Waals surface area contributed by atoms with E-state index in [1.165, 1.54) is 36.5 Å². The van der Waals surface area contributed by atoms with Gasteiger partial charge in [-0.2, -0.15) is 0 Å². The summed E-state index contributed by atoms with van der Waals surface area (Å²) in [6.07, 6.45) is 1.06. The molecular weight excluding hydrogens is 608 g/mol. The summed E-state index contributed by atoms with van der Waals surface area (Å²) >= 11 is 0. The number of aromatic nitrogens is 2. The Morgan fingerprint density at radius 1 is 0.935 bits per heavy atom. The fourth-order valence-corrected chi connectivity index (χ4v) is 6.20. The van der Waals surface area contributed by atoms with Crippen LogP contribution in [0.25, 0.3) is 11.1 Å². The first-order valence-electron chi connectivity index (χ1n) is 14.7. The van der Waals surface area contributed by atoms with Crippen LogP contribution in [0.2, 0.25) is 0 Å². The van der Waals surface area contributed by atoms with Crippen molar-refractivity contribution in [3.05, 3.63) is 102 Å². The highest BCUT2D eigenvalue weighted by atomic mass is 32.2. The molecule has 0 radical (unpaired) electrons. The Morgan fingerprint density at radius 2 is 1.65 bits per heavy atom. The number of rotatable bonds is 12. The molecule has 46 heavy (non-hydrogen) atoms. The molecule has 12 heteroatoms. The van der Waals surface area contributed by atoms with Crippen LogP contribution in [0.3, 0.4) is 0 Å². The monoisotopic (exact) mass is 646 g/mol. The number of nitrogens with zero attached hydrogens (tertiary/aromatic N) is 3. The second kappa shape index (κ2) is 14.1. The number of benzene rings is 2. The smallest absolute Gasteiger partial charge is 0.416 e. The molecule has 1 atom stereocenters. The number of pyridine rings is 2. The molecule has 4 aromatic rings. The number of carbonyl (C=O) groups is 2. The average Bonchev–Trinajstić information content (AvgIpc) is 3.02. The number of sulfone groups is 1. The lowest BCUT2D eigenvalue weighted by Gasteiger charge is -2.30. The Labute approximate surface area is 268 Å². The van der Waals surface area contributed by atoms with Crippen LogP contribution >= 0.6 is 0 Å². The molecule has 3 N–H and O–H groups in total. The fourth-order valence-electron chi connectivity index (χ4n) is 4.62. The average molecular weight is 647 g/mol. The fraction of sp³-hybridized carbons (Fsp3) is 0.294. The minimum absolute atomic E-state index is 0.112. The van der Waals surface area contributed by atoms with E-state index in [9.17, 15) is 23.1 Å². The molecule has 0 spiro atoms. The number of carboxylic acids is 1. The molecule has 11 nitrogen and oxygen atoms in total. The Hall–Kier alpha value is -4.81. The Kier molecular flexibility index (Phi) is 10.4. The van der Waals surface area contributed by atoms with Crippen molar-refractivity contribution in [1.29, 1.82) is 0 Å². The molecule has 2 aromatic heterocycles. The molecule has 1 unspecified atom stereocenters. The maximum Gasteiger partial charge on any atom is 0.416 e. The van der Waals surface area contributed by atoms with Gasteiger partial charge in [0.15, 0.2) is 9.90 Å². The van der Waals surface area contributed by atoms with Gasteiger partial charge in [-0.1, -0.05) is 55.5 Å². The number of hydrogen-bond donors (Lipinski definition) is 2. The normalized spacial score (nSPS) is 13.0. The minimum atomic E-state index is -4.41. The van der Waals surface area contributed by atoms with E-state index in [1.54, 1.807) is 39.0 Å². The van der Waals surface area contributed by atoms with Crippen molar-refractivity contribution >= 4 is 27.7 Å². The Bertz CT molecular complexity index is 1780. The second-order valence-electron chi connectivity index (χ2n) is 11.7. The van der Waals surface area contributed by atoms with Crippen LogP contribution in [0.1, 0.15) is 45.4 Å². The van der Waals surface area contributed by atoms with Crippen LogP contribution < -0.4 is 15.4 Å². The number of anilines is 1. The summed E-state index contributed by atoms with van der Waals surface area (Å²) in [5, 5.41) is 9.28. The number of ether oxygens (including phenoxy) is 2. The minimum Gasteiger partial charge on any atom is -0.494 e. The lowest BCUT2D eigenvalue weighted by atomic mass is 9.99. The highest BCUT2D eigenvalue weighted by molar-refractivity contribution is 7.92. The van der Waals surface area contributed by atoms with Gasteiger partial charge in [0.2, 0.25) is 9.84 Å². The largest absolute Gasteiger partial charge is 0.494 e. The molecule has 4 rings (SSSR count). The summed E-state index contributed by atoms with van der Waals surface area (Å²) in [5.74, 6) is -0.707. The van der Waals surface area contributed by atoms with Gasteiger partial charge in [0.1, 0.15) is 23.7 Å². The maximum atomic E-state index is 14.2. The van der Waals surface area contributed by atoms with Crippen molar-refractivity contribution in [2.75, 3.05) is 18.1 Å². The summed E-state index contributed by atoms with van der Waals surface area (Å²) in [7, 11) is -4.41. The van der Waals surface area contributed by atoms with E-state index >= 15 is 0 Å². The Balaban J connectivity index is 1.77. The highest BCUT2D eigenvalue weighted by Crippen LogP contribution is 2.34. The number of amides is 1. The van der Waals surface area contributed by atoms with E-state index < -0.39 is 38.9 Å². The van der Waals surface area contributed by atoms with Crippen LogP contribution in [0.5, 0.6) is 5.75 Å². The molecule has 0 aliphatic heterocycles. The molecule has 0 saturated heterocycles. The number of carboxylic acid groups (broad SMARTS) is 1. The van der Waals surface area contributed by atoms with Crippen molar-refractivity contribution in [2.24, 2.45) is 5.73 Å². The van der Waals surface area contributed by atoms with Crippen LogP contribution in [-0.2, 0) is 30.7 Å². The standard InChI is InChI=1S/C34H38N4O7S/c1-5-20-44-27-11-8-10-26(21-27)25-17-15-24(16-18-25)22-34(35,46(42,43)30-14-6-7-19-36-30)28-12-9-13-29(37-28)38(23-31(39)40)32(41)45-33(2,3)4/h6-19,21H,5,20,22-23,35H2,1-4H3,(H,39,40). The zero-order valence-electron chi connectivity index (χ0n) is 26.2. The molecule has 1 amide bonds. The third-order valence-electron chi connectivity index (χ3n) is 6.81. The molecular formula is C34H38N4O7S. The van der Waals surface area contributed by atoms with Crippen molar-refractivity contribution in [3.63, 3.8) is 0 Å². The molecule has 2 heterocycles. The zero-order valence-corrected chi connectivity index (χ0v) is 27.0. The van der Waals surface area contributed by atoms with E-state index in [0.29, 0.717) is 12.2 Å². The van der Waals surface area contributed by atoms with Crippen LogP contribution in [0, 0.1) is 0 Å². The van der Waals surface area contributed by atoms with Gasteiger partial charge in [0.25, 0.3) is 0 Å². The lowest BCUT2D eigenvalue weighted by molar-refractivity contribution is -0.135. The van der Waals surface area contributed by atoms with Crippen LogP contribution in [-0.4, -0.2) is 54.3 Å². The van der Waals surface area contributed by atoms with Crippen molar-refractivity contribution in [2.45, 2.75) is 56.0 Å². The van der Waals surface area contributed by atoms with Gasteiger partial charge in [-0.3, -0.25) is 9.69 Å². The van der Waals surface area contributed by atoms with E-state index in [0.717, 1.165) is 28.2 Å². The molecule has 2 aromatic carbocycles. The zero-order chi connectivity index (χ0) is 33.5. The third kappa shape index (κ3) is 8.06. The van der Waals surface area contributed by atoms with Gasteiger partial charge in [-0.15, -0.1) is 0 Å². The molecule has 0 aliphatic carbocycles. The Morgan fingerprint density at radius 3 is 2.28 bits per heavy atom. The number of aliphatic carboxylic acids is 1. The first kappa shape index (κ1) is 34.1. The molecule has 0 saturated carbocycles. The summed E-state index contributed by atoms with van der Waals surface area (Å²) < 4.78 is 39.6. The van der Waals surface area contributed by atoms with Crippen molar-refractivity contribution in [3.8, 4) is 16.9 Å². The predicted octanol–water partition coefficient (Wildman–Crippen LogP) is 5.59. The topological polar surface area (TPSA) is 162 Å². The SMILES string of the molecule is CCCOc1cccc(-c2ccc(CC(N)(c3cccc(N(CC(=O)O)C(=O)OC(C)(C)C)n3)S(=O)(=O)c3ccccn3)cc2)c1. The van der Waals surface area contributed by atoms with Gasteiger partial charge < -0.3 is 20.3 Å². The van der Waals surface area contributed by atoms with Crippen molar-refractivity contribution < 1.29 is 32.6 Å². The summed E-state index contributed by atoms with van der Waals surface area (Å²) in [4.78, 5) is 31.9. The summed E-state index contributed by atoms with van der Waals surface area (Å²) in [6, 6.07) is 23.7. The molecule has 0 fully saturated rings. The summed E-state index contributed by atoms with van der Waals surface area (Å²) in [5.41, 5.74) is 8.23. The van der Waals surface area contributed by atoms with Crippen LogP contribution in [0.4, 0.5) is 10.6 Å². The van der Waals surface area contributed by atoms with Crippen LogP contribution in [0.15, 0.2) is 96.2 Å². The van der Waals surface area contributed by atoms with Gasteiger partial charge in [0.05, 0.1) is 12.3 Å². The summed E-state index contributed by atoms with van der Waals surface area (Å²) in [6.45, 7) is 6.78. The maximum absolute atomic E-state index is 14.2. The van der Waals surface area contributed by atoms with Crippen molar-refractivity contribution in [1.82, 2.24) is 9.97 Å². The number of hydrogen-bond acceptors (Lipinski definition) is 9. The highest BCUT2D eigenvalue weighted by Gasteiger charge is 2.45. The molecule has 242 valence electrons. The second-order valence-corrected chi connectivity index (χ2v) is 13.8. The van der Waals surface area contributed by atoms with Gasteiger partial charge in [0, 0.05) is 12.6 Å². The predicted molar refractivity (Wildman–Crippen MR) is 174 cm³/mol. The first-order chi connectivity index (χ1) is 21.7. The van der Waals surface area contributed by atoms with E-state index in [4.69, 9.17) is 15.2 Å². The molecule has 0 bridgehead atoms. The molecule has 0 aliphatic rings.